The highest BCUT2D eigenvalue weighted by atomic mass is 31.1. The minimum absolute atomic E-state index is 0.00326. The number of aliphatic carboxylic acids is 1. The lowest BCUT2D eigenvalue weighted by atomic mass is 10.1. The van der Waals surface area contributed by atoms with Crippen LogP contribution in [-0.4, -0.2) is 28.2 Å². The van der Waals surface area contributed by atoms with Crippen LogP contribution in [0.1, 0.15) is 6.42 Å². The van der Waals surface area contributed by atoms with Crippen molar-refractivity contribution in [2.45, 2.75) is 6.42 Å². The van der Waals surface area contributed by atoms with Crippen molar-refractivity contribution in [3.63, 3.8) is 0 Å². The van der Waals surface area contributed by atoms with Gasteiger partial charge in [0.2, 0.25) is 5.91 Å². The van der Waals surface area contributed by atoms with Gasteiger partial charge in [0.15, 0.2) is 0 Å². The molecular weight excluding hydrogens is 195 g/mol. The van der Waals surface area contributed by atoms with Gasteiger partial charge in [0.05, 0.1) is 14.8 Å². The molecule has 1 rings (SSSR count). The standard InChI is InChI=1S/C5H7N4O3P/c6-7-8-13-9-2-3(5(11)12)1-4(9)10/h3,13H,1-2H2,(H,11,12)/t3-/m0/s1. The molecule has 13 heavy (non-hydrogen) atoms. The third-order valence-corrected chi connectivity index (χ3v) is 2.54. The first-order valence-electron chi connectivity index (χ1n) is 3.48. The molecule has 0 radical (unpaired) electrons. The second-order valence-corrected chi connectivity index (χ2v) is 3.47. The van der Waals surface area contributed by atoms with Crippen LogP contribution in [-0.2, 0) is 9.59 Å². The van der Waals surface area contributed by atoms with E-state index in [1.54, 1.807) is 0 Å². The number of hydrogen-bond donors (Lipinski definition) is 1. The Morgan fingerprint density at radius 3 is 3.00 bits per heavy atom. The third-order valence-electron chi connectivity index (χ3n) is 1.68. The summed E-state index contributed by atoms with van der Waals surface area (Å²) in [7, 11) is -0.326. The Kier molecular flexibility index (Phi) is 3.06. The lowest BCUT2D eigenvalue weighted by molar-refractivity contribution is -0.141. The summed E-state index contributed by atoms with van der Waals surface area (Å²) in [4.78, 5) is 27.3. The first-order valence-corrected chi connectivity index (χ1v) is 4.37. The van der Waals surface area contributed by atoms with Gasteiger partial charge in [0.25, 0.3) is 0 Å². The van der Waals surface area contributed by atoms with Gasteiger partial charge in [-0.05, 0) is 5.53 Å². The second kappa shape index (κ2) is 4.07. The van der Waals surface area contributed by atoms with Crippen molar-refractivity contribution >= 4 is 20.8 Å². The van der Waals surface area contributed by atoms with Crippen molar-refractivity contribution in [2.24, 2.45) is 10.8 Å². The number of carboxylic acid groups (broad SMARTS) is 1. The highest BCUT2D eigenvalue weighted by Crippen LogP contribution is 2.29. The molecule has 0 aromatic carbocycles. The summed E-state index contributed by atoms with van der Waals surface area (Å²) < 4.78 is 1.26. The summed E-state index contributed by atoms with van der Waals surface area (Å²) in [6, 6.07) is 0. The topological polar surface area (TPSA) is 106 Å². The van der Waals surface area contributed by atoms with Crippen molar-refractivity contribution in [3.8, 4) is 0 Å². The van der Waals surface area contributed by atoms with Gasteiger partial charge in [-0.15, -0.1) is 0 Å². The largest absolute Gasteiger partial charge is 0.481 e. The molecule has 1 N–H and O–H groups in total. The van der Waals surface area contributed by atoms with Gasteiger partial charge in [-0.3, -0.25) is 9.59 Å². The lowest BCUT2D eigenvalue weighted by Crippen LogP contribution is -2.17. The van der Waals surface area contributed by atoms with E-state index in [2.05, 4.69) is 9.80 Å². The van der Waals surface area contributed by atoms with Crippen LogP contribution in [0.4, 0.5) is 0 Å². The molecule has 2 atom stereocenters. The quantitative estimate of drug-likeness (QED) is 0.315. The molecular formula is C5H7N4O3P. The average Bonchev–Trinajstić information content (AvgIpc) is 2.44. The number of rotatable bonds is 3. The Morgan fingerprint density at radius 1 is 1.85 bits per heavy atom. The van der Waals surface area contributed by atoms with E-state index >= 15 is 0 Å². The smallest absolute Gasteiger partial charge is 0.308 e. The van der Waals surface area contributed by atoms with Gasteiger partial charge in [0, 0.05) is 17.9 Å². The molecule has 1 amide bonds. The number of carbonyl (C=O) groups is 2. The van der Waals surface area contributed by atoms with Crippen LogP contribution in [0.3, 0.4) is 0 Å². The van der Waals surface area contributed by atoms with Crippen LogP contribution >= 0.6 is 8.88 Å². The van der Waals surface area contributed by atoms with Gasteiger partial charge >= 0.3 is 5.97 Å². The molecule has 0 aliphatic carbocycles. The van der Waals surface area contributed by atoms with E-state index < -0.39 is 11.9 Å². The fraction of sp³-hybridized carbons (Fsp3) is 0.600. The van der Waals surface area contributed by atoms with Crippen LogP contribution in [0, 0.1) is 5.92 Å². The van der Waals surface area contributed by atoms with E-state index in [1.807, 2.05) is 0 Å². The monoisotopic (exact) mass is 202 g/mol. The SMILES string of the molecule is [N-]=[N+]=NPN1C[C@@H](C(=O)O)CC1=O. The summed E-state index contributed by atoms with van der Waals surface area (Å²) in [6.45, 7) is 0.144. The zero-order valence-corrected chi connectivity index (χ0v) is 7.54. The number of nitrogens with zero attached hydrogens (tertiary/aromatic N) is 4. The normalized spacial score (nSPS) is 22.3. The fourth-order valence-electron chi connectivity index (χ4n) is 1.04. The molecule has 1 unspecified atom stereocenters. The van der Waals surface area contributed by atoms with Crippen molar-refractivity contribution < 1.29 is 14.7 Å². The first-order chi connectivity index (χ1) is 6.15. The Labute approximate surface area is 75.2 Å². The molecule has 0 spiro atoms. The molecule has 1 aliphatic rings. The second-order valence-electron chi connectivity index (χ2n) is 2.53. The average molecular weight is 202 g/mol. The Morgan fingerprint density at radius 2 is 2.54 bits per heavy atom. The van der Waals surface area contributed by atoms with E-state index in [-0.39, 0.29) is 27.8 Å². The number of carbonyl (C=O) groups excluding carboxylic acids is 1. The summed E-state index contributed by atoms with van der Waals surface area (Å²) in [6.07, 6.45) is 0.00326. The Hall–Kier alpha value is -1.32. The van der Waals surface area contributed by atoms with Gasteiger partial charge in [0.1, 0.15) is 0 Å². The van der Waals surface area contributed by atoms with Gasteiger partial charge in [-0.1, -0.05) is 4.88 Å². The number of carboxylic acids is 1. The lowest BCUT2D eigenvalue weighted by Gasteiger charge is -2.10. The molecule has 1 fully saturated rings. The van der Waals surface area contributed by atoms with Crippen LogP contribution in [0.2, 0.25) is 0 Å². The van der Waals surface area contributed by atoms with Crippen molar-refractivity contribution in [2.75, 3.05) is 6.54 Å². The van der Waals surface area contributed by atoms with Crippen LogP contribution in [0.15, 0.2) is 4.88 Å². The summed E-state index contributed by atoms with van der Waals surface area (Å²) in [5.41, 5.74) is 8.00. The molecule has 0 saturated carbocycles. The molecule has 1 heterocycles. The van der Waals surface area contributed by atoms with Gasteiger partial charge in [-0.25, -0.2) is 0 Å². The molecule has 1 saturated heterocycles. The van der Waals surface area contributed by atoms with Gasteiger partial charge in [-0.2, -0.15) is 0 Å². The molecule has 8 heteroatoms. The highest BCUT2D eigenvalue weighted by molar-refractivity contribution is 7.34. The fourth-order valence-corrected chi connectivity index (χ4v) is 1.70. The van der Waals surface area contributed by atoms with E-state index in [9.17, 15) is 9.59 Å². The zero-order chi connectivity index (χ0) is 9.84. The summed E-state index contributed by atoms with van der Waals surface area (Å²) >= 11 is 0. The van der Waals surface area contributed by atoms with Crippen molar-refractivity contribution in [3.05, 3.63) is 10.4 Å². The molecule has 70 valence electrons. The predicted octanol–water partition coefficient (Wildman–Crippen LogP) is 0.738. The Bertz CT molecular complexity index is 288. The van der Waals surface area contributed by atoms with E-state index in [4.69, 9.17) is 10.6 Å². The van der Waals surface area contributed by atoms with E-state index in [1.165, 1.54) is 4.67 Å². The van der Waals surface area contributed by atoms with Crippen LogP contribution < -0.4 is 0 Å². The molecule has 1 aliphatic heterocycles. The third kappa shape index (κ3) is 2.31. The molecule has 7 nitrogen and oxygen atoms in total. The number of hydrogen-bond acceptors (Lipinski definition) is 3. The summed E-state index contributed by atoms with van der Waals surface area (Å²) in [5, 5.41) is 8.59. The zero-order valence-electron chi connectivity index (χ0n) is 6.54. The maximum Gasteiger partial charge on any atom is 0.308 e. The highest BCUT2D eigenvalue weighted by Gasteiger charge is 2.33. The molecule has 0 aromatic rings. The maximum absolute atomic E-state index is 11.1. The van der Waals surface area contributed by atoms with Crippen molar-refractivity contribution in [1.29, 1.82) is 0 Å². The van der Waals surface area contributed by atoms with Gasteiger partial charge < -0.3 is 9.78 Å². The minimum Gasteiger partial charge on any atom is -0.481 e. The van der Waals surface area contributed by atoms with E-state index in [0.717, 1.165) is 0 Å². The molecule has 0 aromatic heterocycles. The van der Waals surface area contributed by atoms with Crippen molar-refractivity contribution in [1.82, 2.24) is 4.67 Å². The van der Waals surface area contributed by atoms with E-state index in [0.29, 0.717) is 0 Å². The Balaban J connectivity index is 2.56. The summed E-state index contributed by atoms with van der Waals surface area (Å²) in [5.74, 6) is -1.91. The maximum atomic E-state index is 11.1. The number of azide groups is 1. The minimum atomic E-state index is -0.985. The van der Waals surface area contributed by atoms with Crippen LogP contribution in [0.5, 0.6) is 0 Å². The molecule has 0 bridgehead atoms. The number of amides is 1. The predicted molar refractivity (Wildman–Crippen MR) is 44.9 cm³/mol. The van der Waals surface area contributed by atoms with Crippen LogP contribution in [0.25, 0.3) is 10.4 Å². The first kappa shape index (κ1) is 9.77.